The van der Waals surface area contributed by atoms with Gasteiger partial charge >= 0.3 is 6.03 Å². The Hall–Kier alpha value is -3.52. The lowest BCUT2D eigenvalue weighted by atomic mass is 9.90. The second-order valence-corrected chi connectivity index (χ2v) is 8.59. The Labute approximate surface area is 185 Å². The zero-order chi connectivity index (χ0) is 21.8. The van der Waals surface area contributed by atoms with Crippen molar-refractivity contribution in [3.63, 3.8) is 0 Å². The number of aromatic nitrogens is 2. The van der Waals surface area contributed by atoms with E-state index in [1.165, 1.54) is 10.5 Å². The molecule has 0 aliphatic carbocycles. The van der Waals surface area contributed by atoms with Crippen molar-refractivity contribution in [2.24, 2.45) is 0 Å². The summed E-state index contributed by atoms with van der Waals surface area (Å²) in [6.45, 7) is 1.60. The van der Waals surface area contributed by atoms with Gasteiger partial charge in [0.25, 0.3) is 11.5 Å². The Morgan fingerprint density at radius 2 is 1.77 bits per heavy atom. The van der Waals surface area contributed by atoms with Gasteiger partial charge in [0.15, 0.2) is 0 Å². The third kappa shape index (κ3) is 3.19. The summed E-state index contributed by atoms with van der Waals surface area (Å²) in [7, 11) is 0. The van der Waals surface area contributed by atoms with Crippen molar-refractivity contribution < 1.29 is 9.59 Å². The van der Waals surface area contributed by atoms with Crippen LogP contribution in [0.1, 0.15) is 18.2 Å². The highest BCUT2D eigenvalue weighted by atomic mass is 79.9. The summed E-state index contributed by atoms with van der Waals surface area (Å²) in [6.07, 6.45) is 1.62. The van der Waals surface area contributed by atoms with Crippen molar-refractivity contribution in [3.8, 4) is 0 Å². The molecule has 7 nitrogen and oxygen atoms in total. The highest BCUT2D eigenvalue weighted by Crippen LogP contribution is 2.31. The molecule has 0 saturated carbocycles. The van der Waals surface area contributed by atoms with Crippen LogP contribution >= 0.6 is 15.9 Å². The third-order valence-corrected chi connectivity index (χ3v) is 6.07. The molecule has 2 aromatic carbocycles. The first-order valence-electron chi connectivity index (χ1n) is 9.66. The van der Waals surface area contributed by atoms with Gasteiger partial charge in [-0.05, 0) is 57.4 Å². The van der Waals surface area contributed by atoms with Crippen LogP contribution in [0, 0.1) is 0 Å². The van der Waals surface area contributed by atoms with Gasteiger partial charge < -0.3 is 5.32 Å². The van der Waals surface area contributed by atoms with E-state index in [9.17, 15) is 14.4 Å². The van der Waals surface area contributed by atoms with Gasteiger partial charge in [0.2, 0.25) is 0 Å². The number of imide groups is 1. The van der Waals surface area contributed by atoms with Gasteiger partial charge in [0, 0.05) is 16.7 Å². The first-order valence-corrected chi connectivity index (χ1v) is 10.5. The van der Waals surface area contributed by atoms with Gasteiger partial charge in [0.1, 0.15) is 11.2 Å². The molecule has 1 saturated heterocycles. The molecule has 1 fully saturated rings. The number of carbonyl (C=O) groups is 2. The maximum atomic E-state index is 13.3. The molecule has 1 aliphatic rings. The normalized spacial score (nSPS) is 18.7. The molecule has 1 aliphatic heterocycles. The first kappa shape index (κ1) is 19.4. The van der Waals surface area contributed by atoms with E-state index in [-0.39, 0.29) is 18.0 Å². The number of pyridine rings is 1. The number of fused-ring (bicyclic) bond motifs is 2. The summed E-state index contributed by atoms with van der Waals surface area (Å²) in [4.78, 5) is 44.0. The van der Waals surface area contributed by atoms with Crippen LogP contribution in [0.25, 0.3) is 16.4 Å². The molecule has 31 heavy (non-hydrogen) atoms. The number of hydrogen-bond acceptors (Lipinski definition) is 4. The van der Waals surface area contributed by atoms with Crippen LogP contribution in [0.4, 0.5) is 4.79 Å². The van der Waals surface area contributed by atoms with Crippen molar-refractivity contribution in [1.29, 1.82) is 0 Å². The number of urea groups is 1. The number of hydrogen-bond donors (Lipinski definition) is 1. The second kappa shape index (κ2) is 7.02. The van der Waals surface area contributed by atoms with Crippen LogP contribution in [-0.2, 0) is 16.9 Å². The van der Waals surface area contributed by atoms with Crippen molar-refractivity contribution in [3.05, 3.63) is 92.9 Å². The summed E-state index contributed by atoms with van der Waals surface area (Å²) in [5.74, 6) is -0.384. The van der Waals surface area contributed by atoms with Crippen molar-refractivity contribution in [2.75, 3.05) is 0 Å². The summed E-state index contributed by atoms with van der Waals surface area (Å²) in [6, 6.07) is 17.8. The number of nitrogens with one attached hydrogen (secondary N) is 1. The zero-order valence-electron chi connectivity index (χ0n) is 16.5. The maximum absolute atomic E-state index is 13.3. The summed E-state index contributed by atoms with van der Waals surface area (Å²) >= 11 is 3.33. The average Bonchev–Trinajstić information content (AvgIpc) is 2.98. The Morgan fingerprint density at radius 1 is 1.00 bits per heavy atom. The lowest BCUT2D eigenvalue weighted by molar-refractivity contribution is -0.131. The smallest absolute Gasteiger partial charge is 0.319 e. The second-order valence-electron chi connectivity index (χ2n) is 7.67. The Balaban J connectivity index is 1.49. The monoisotopic (exact) mass is 476 g/mol. The molecule has 1 N–H and O–H groups in total. The summed E-state index contributed by atoms with van der Waals surface area (Å²) in [5, 5.41) is 4.85. The number of amides is 3. The third-order valence-electron chi connectivity index (χ3n) is 5.60. The SMILES string of the molecule is C[C@@]1(c2ccc3ccccc3c2)NC(=O)N(Cc2cc(=O)n3cc(Br)ccc3n2)C1=O. The van der Waals surface area contributed by atoms with Crippen LogP contribution in [0.15, 0.2) is 76.1 Å². The number of carbonyl (C=O) groups excluding carboxylic acids is 2. The van der Waals surface area contributed by atoms with Crippen molar-refractivity contribution in [1.82, 2.24) is 19.6 Å². The molecule has 3 amide bonds. The average molecular weight is 477 g/mol. The lowest BCUT2D eigenvalue weighted by Gasteiger charge is -2.22. The van der Waals surface area contributed by atoms with E-state index >= 15 is 0 Å². The lowest BCUT2D eigenvalue weighted by Crippen LogP contribution is -2.40. The maximum Gasteiger partial charge on any atom is 0.325 e. The van der Waals surface area contributed by atoms with Gasteiger partial charge in [-0.25, -0.2) is 9.78 Å². The van der Waals surface area contributed by atoms with E-state index in [0.717, 1.165) is 20.1 Å². The Bertz CT molecular complexity index is 1450. The Kier molecular flexibility index (Phi) is 4.40. The van der Waals surface area contributed by atoms with Gasteiger partial charge in [0.05, 0.1) is 12.2 Å². The van der Waals surface area contributed by atoms with Crippen LogP contribution in [0.2, 0.25) is 0 Å². The van der Waals surface area contributed by atoms with Crippen LogP contribution < -0.4 is 10.9 Å². The minimum absolute atomic E-state index is 0.0877. The summed E-state index contributed by atoms with van der Waals surface area (Å²) < 4.78 is 2.15. The highest BCUT2D eigenvalue weighted by Gasteiger charge is 2.49. The number of halogens is 1. The largest absolute Gasteiger partial charge is 0.325 e. The molecule has 0 bridgehead atoms. The highest BCUT2D eigenvalue weighted by molar-refractivity contribution is 9.10. The topological polar surface area (TPSA) is 83.8 Å². The minimum Gasteiger partial charge on any atom is -0.319 e. The fraction of sp³-hybridized carbons (Fsp3) is 0.130. The predicted molar refractivity (Wildman–Crippen MR) is 120 cm³/mol. The zero-order valence-corrected chi connectivity index (χ0v) is 18.1. The van der Waals surface area contributed by atoms with Gasteiger partial charge in [-0.15, -0.1) is 0 Å². The number of nitrogens with zero attached hydrogens (tertiary/aromatic N) is 3. The van der Waals surface area contributed by atoms with Gasteiger partial charge in [-0.1, -0.05) is 36.4 Å². The quantitative estimate of drug-likeness (QED) is 0.458. The van der Waals surface area contributed by atoms with Gasteiger partial charge in [-0.2, -0.15) is 0 Å². The molecule has 154 valence electrons. The summed E-state index contributed by atoms with van der Waals surface area (Å²) in [5.41, 5.74) is 0.000402. The molecule has 2 aromatic heterocycles. The van der Waals surface area contributed by atoms with Gasteiger partial charge in [-0.3, -0.25) is 18.9 Å². The van der Waals surface area contributed by atoms with Crippen molar-refractivity contribution >= 4 is 44.3 Å². The van der Waals surface area contributed by atoms with Crippen molar-refractivity contribution in [2.45, 2.75) is 19.0 Å². The Morgan fingerprint density at radius 3 is 2.58 bits per heavy atom. The van der Waals surface area contributed by atoms with E-state index < -0.39 is 11.6 Å². The number of rotatable bonds is 3. The molecule has 8 heteroatoms. The molecule has 5 rings (SSSR count). The van der Waals surface area contributed by atoms with E-state index in [2.05, 4.69) is 26.2 Å². The standard InChI is InChI=1S/C23H17BrN4O3/c1-23(16-7-6-14-4-2-3-5-15(14)10-16)21(30)28(22(31)26-23)13-18-11-20(29)27-12-17(24)8-9-19(27)25-18/h2-12H,13H2,1H3,(H,26,31)/t23-/m0/s1. The van der Waals surface area contributed by atoms with E-state index in [1.54, 1.807) is 25.3 Å². The van der Waals surface area contributed by atoms with Crippen LogP contribution in [-0.4, -0.2) is 26.2 Å². The molecular formula is C23H17BrN4O3. The molecular weight excluding hydrogens is 460 g/mol. The predicted octanol–water partition coefficient (Wildman–Crippen LogP) is 3.58. The van der Waals surface area contributed by atoms with E-state index in [0.29, 0.717) is 16.9 Å². The molecule has 1 atom stereocenters. The van der Waals surface area contributed by atoms with Crippen LogP contribution in [0.3, 0.4) is 0 Å². The molecule has 0 radical (unpaired) electrons. The van der Waals surface area contributed by atoms with Crippen LogP contribution in [0.5, 0.6) is 0 Å². The fourth-order valence-electron chi connectivity index (χ4n) is 3.91. The first-order chi connectivity index (χ1) is 14.8. The van der Waals surface area contributed by atoms with E-state index in [1.807, 2.05) is 42.5 Å². The molecule has 4 aromatic rings. The molecule has 3 heterocycles. The van der Waals surface area contributed by atoms with E-state index in [4.69, 9.17) is 0 Å². The number of benzene rings is 2. The molecule has 0 spiro atoms. The minimum atomic E-state index is -1.20. The fourth-order valence-corrected chi connectivity index (χ4v) is 4.24. The molecule has 0 unspecified atom stereocenters.